The number of rotatable bonds is 4. The highest BCUT2D eigenvalue weighted by Crippen LogP contribution is 2.35. The monoisotopic (exact) mass is 368 g/mol. The Morgan fingerprint density at radius 2 is 1.92 bits per heavy atom. The van der Waals surface area contributed by atoms with E-state index in [1.807, 2.05) is 0 Å². The van der Waals surface area contributed by atoms with Gasteiger partial charge in [0.1, 0.15) is 22.3 Å². The Balaban J connectivity index is 2.01. The van der Waals surface area contributed by atoms with Gasteiger partial charge in [0.05, 0.1) is 12.8 Å². The van der Waals surface area contributed by atoms with Gasteiger partial charge in [-0.1, -0.05) is 0 Å². The minimum absolute atomic E-state index is 0.0344. The van der Waals surface area contributed by atoms with E-state index in [4.69, 9.17) is 4.74 Å². The predicted octanol–water partition coefficient (Wildman–Crippen LogP) is 2.66. The van der Waals surface area contributed by atoms with E-state index < -0.39 is 26.6 Å². The van der Waals surface area contributed by atoms with E-state index >= 15 is 0 Å². The molecule has 0 spiro atoms. The molecule has 0 fully saturated rings. The number of methoxy groups -OCH3 is 1. The number of anilines is 2. The number of fused-ring (bicyclic) bond motifs is 1. The van der Waals surface area contributed by atoms with Crippen molar-refractivity contribution in [2.24, 2.45) is 0 Å². The predicted molar refractivity (Wildman–Crippen MR) is 87.1 cm³/mol. The van der Waals surface area contributed by atoms with Crippen molar-refractivity contribution in [3.05, 3.63) is 47.5 Å². The highest BCUT2D eigenvalue weighted by Gasteiger charge is 2.24. The van der Waals surface area contributed by atoms with Crippen LogP contribution in [0.15, 0.2) is 35.2 Å². The summed E-state index contributed by atoms with van der Waals surface area (Å²) in [6.07, 6.45) is 0.819. The van der Waals surface area contributed by atoms with Gasteiger partial charge in [-0.25, -0.2) is 17.2 Å². The second-order valence-electron chi connectivity index (χ2n) is 5.44. The molecule has 0 aromatic heterocycles. The molecule has 0 atom stereocenters. The molecule has 0 saturated carbocycles. The fourth-order valence-electron chi connectivity index (χ4n) is 2.55. The van der Waals surface area contributed by atoms with Gasteiger partial charge in [-0.3, -0.25) is 9.52 Å². The molecule has 1 amide bonds. The molecule has 1 heterocycles. The zero-order chi connectivity index (χ0) is 18.2. The first kappa shape index (κ1) is 17.2. The largest absolute Gasteiger partial charge is 0.495 e. The van der Waals surface area contributed by atoms with Crippen LogP contribution in [-0.2, 0) is 21.2 Å². The number of nitrogens with one attached hydrogen (secondary N) is 2. The van der Waals surface area contributed by atoms with Crippen LogP contribution < -0.4 is 14.8 Å². The van der Waals surface area contributed by atoms with Crippen molar-refractivity contribution in [1.82, 2.24) is 0 Å². The Hall–Kier alpha value is -2.68. The van der Waals surface area contributed by atoms with Crippen molar-refractivity contribution in [2.45, 2.75) is 17.7 Å². The van der Waals surface area contributed by atoms with Gasteiger partial charge < -0.3 is 10.1 Å². The van der Waals surface area contributed by atoms with Crippen LogP contribution in [0.1, 0.15) is 12.0 Å². The quantitative estimate of drug-likeness (QED) is 0.869. The Bertz CT molecular complexity index is 961. The van der Waals surface area contributed by atoms with Gasteiger partial charge in [-0.2, -0.15) is 0 Å². The molecule has 0 bridgehead atoms. The van der Waals surface area contributed by atoms with Crippen molar-refractivity contribution >= 4 is 27.3 Å². The number of benzene rings is 2. The zero-order valence-corrected chi connectivity index (χ0v) is 13.9. The average molecular weight is 368 g/mol. The summed E-state index contributed by atoms with van der Waals surface area (Å²) in [5.74, 6) is -2.06. The third-order valence-corrected chi connectivity index (χ3v) is 5.15. The molecule has 9 heteroatoms. The van der Waals surface area contributed by atoms with Crippen molar-refractivity contribution in [2.75, 3.05) is 17.1 Å². The Morgan fingerprint density at radius 3 is 2.60 bits per heavy atom. The molecule has 0 radical (unpaired) electrons. The summed E-state index contributed by atoms with van der Waals surface area (Å²) in [6, 6.07) is 5.18. The number of ether oxygens (including phenoxy) is 1. The van der Waals surface area contributed by atoms with Gasteiger partial charge in [0, 0.05) is 18.2 Å². The summed E-state index contributed by atoms with van der Waals surface area (Å²) in [5, 5.41) is 2.64. The highest BCUT2D eigenvalue weighted by molar-refractivity contribution is 7.92. The summed E-state index contributed by atoms with van der Waals surface area (Å²) >= 11 is 0. The molecule has 25 heavy (non-hydrogen) atoms. The smallest absolute Gasteiger partial charge is 0.264 e. The van der Waals surface area contributed by atoms with Gasteiger partial charge >= 0.3 is 0 Å². The SMILES string of the molecule is COc1cc2c(cc1NS(=O)(=O)c1ccc(F)cc1F)NC(=O)CC2. The number of carbonyl (C=O) groups excluding carboxylic acids is 1. The maximum atomic E-state index is 13.8. The standard InChI is InChI=1S/C16H14F2N2O4S/c1-24-14-6-9-2-5-16(21)19-12(9)8-13(14)20-25(22,23)15-4-3-10(17)7-11(15)18/h3-4,6-8,20H,2,5H2,1H3,(H,19,21). The van der Waals surface area contributed by atoms with Crippen LogP contribution in [0.3, 0.4) is 0 Å². The van der Waals surface area contributed by atoms with Gasteiger partial charge in [0.15, 0.2) is 0 Å². The molecule has 0 aliphatic carbocycles. The fourth-order valence-corrected chi connectivity index (χ4v) is 3.67. The number of halogens is 2. The van der Waals surface area contributed by atoms with Gasteiger partial charge in [0.25, 0.3) is 10.0 Å². The van der Waals surface area contributed by atoms with Gasteiger partial charge in [0.2, 0.25) is 5.91 Å². The number of sulfonamides is 1. The van der Waals surface area contributed by atoms with E-state index in [0.29, 0.717) is 24.6 Å². The molecule has 1 aliphatic rings. The van der Waals surface area contributed by atoms with E-state index in [1.165, 1.54) is 13.2 Å². The number of aryl methyl sites for hydroxylation is 1. The van der Waals surface area contributed by atoms with Crippen molar-refractivity contribution in [1.29, 1.82) is 0 Å². The molecule has 2 N–H and O–H groups in total. The van der Waals surface area contributed by atoms with E-state index in [0.717, 1.165) is 17.7 Å². The van der Waals surface area contributed by atoms with Crippen LogP contribution in [-0.4, -0.2) is 21.4 Å². The third-order valence-electron chi connectivity index (χ3n) is 3.75. The summed E-state index contributed by atoms with van der Waals surface area (Å²) in [5.41, 5.74) is 1.29. The van der Waals surface area contributed by atoms with E-state index in [2.05, 4.69) is 10.0 Å². The molecular formula is C16H14F2N2O4S. The number of hydrogen-bond acceptors (Lipinski definition) is 4. The Morgan fingerprint density at radius 1 is 1.16 bits per heavy atom. The normalized spacial score (nSPS) is 13.8. The van der Waals surface area contributed by atoms with Crippen molar-refractivity contribution < 1.29 is 26.7 Å². The highest BCUT2D eigenvalue weighted by atomic mass is 32.2. The fraction of sp³-hybridized carbons (Fsp3) is 0.188. The molecule has 3 rings (SSSR count). The van der Waals surface area contributed by atoms with Gasteiger partial charge in [-0.05, 0) is 36.2 Å². The second kappa shape index (κ2) is 6.32. The minimum Gasteiger partial charge on any atom is -0.495 e. The molecule has 132 valence electrons. The lowest BCUT2D eigenvalue weighted by Crippen LogP contribution is -2.20. The maximum Gasteiger partial charge on any atom is 0.264 e. The van der Waals surface area contributed by atoms with E-state index in [1.54, 1.807) is 6.07 Å². The average Bonchev–Trinajstić information content (AvgIpc) is 2.53. The molecule has 2 aromatic rings. The molecule has 6 nitrogen and oxygen atoms in total. The van der Waals surface area contributed by atoms with Crippen LogP contribution in [0.4, 0.5) is 20.2 Å². The molecule has 0 saturated heterocycles. The Kier molecular flexibility index (Phi) is 4.34. The van der Waals surface area contributed by atoms with Crippen molar-refractivity contribution in [3.63, 3.8) is 0 Å². The lowest BCUT2D eigenvalue weighted by atomic mass is 10.0. The first-order valence-corrected chi connectivity index (χ1v) is 8.77. The van der Waals surface area contributed by atoms with Crippen LogP contribution in [0.2, 0.25) is 0 Å². The van der Waals surface area contributed by atoms with Crippen LogP contribution in [0.5, 0.6) is 5.75 Å². The van der Waals surface area contributed by atoms with Gasteiger partial charge in [-0.15, -0.1) is 0 Å². The zero-order valence-electron chi connectivity index (χ0n) is 13.1. The first-order valence-electron chi connectivity index (χ1n) is 7.29. The molecule has 1 aliphatic heterocycles. The summed E-state index contributed by atoms with van der Waals surface area (Å²) in [4.78, 5) is 10.8. The topological polar surface area (TPSA) is 84.5 Å². The number of amides is 1. The van der Waals surface area contributed by atoms with Crippen LogP contribution in [0, 0.1) is 11.6 Å². The summed E-state index contributed by atoms with van der Waals surface area (Å²) in [7, 11) is -2.96. The summed E-state index contributed by atoms with van der Waals surface area (Å²) < 4.78 is 59.0. The molecule has 2 aromatic carbocycles. The van der Waals surface area contributed by atoms with Crippen LogP contribution in [0.25, 0.3) is 0 Å². The number of hydrogen-bond donors (Lipinski definition) is 2. The van der Waals surface area contributed by atoms with E-state index in [-0.39, 0.29) is 17.3 Å². The maximum absolute atomic E-state index is 13.8. The third kappa shape index (κ3) is 3.41. The minimum atomic E-state index is -4.32. The van der Waals surface area contributed by atoms with Crippen LogP contribution >= 0.6 is 0 Å². The number of carbonyl (C=O) groups is 1. The lowest BCUT2D eigenvalue weighted by Gasteiger charge is -2.20. The van der Waals surface area contributed by atoms with Crippen molar-refractivity contribution in [3.8, 4) is 5.75 Å². The summed E-state index contributed by atoms with van der Waals surface area (Å²) in [6.45, 7) is 0. The Labute approximate surface area is 142 Å². The molecular weight excluding hydrogens is 354 g/mol. The lowest BCUT2D eigenvalue weighted by molar-refractivity contribution is -0.116. The first-order chi connectivity index (χ1) is 11.8. The van der Waals surface area contributed by atoms with E-state index in [9.17, 15) is 22.0 Å². The molecule has 0 unspecified atom stereocenters. The second-order valence-corrected chi connectivity index (χ2v) is 7.09.